The number of hydrazone groups is 1. The van der Waals surface area contributed by atoms with Crippen LogP contribution in [0, 0.1) is 0 Å². The van der Waals surface area contributed by atoms with E-state index in [9.17, 15) is 23.3 Å². The molecule has 2 aliphatic rings. The van der Waals surface area contributed by atoms with Gasteiger partial charge in [0.1, 0.15) is 4.90 Å². The molecule has 10 nitrogen and oxygen atoms in total. The van der Waals surface area contributed by atoms with Crippen LogP contribution in [0.15, 0.2) is 55.6 Å². The van der Waals surface area contributed by atoms with Gasteiger partial charge in [-0.15, -0.1) is 4.40 Å². The molecule has 2 heterocycles. The molecule has 0 amide bonds. The molecule has 5 rings (SSSR count). The lowest BCUT2D eigenvalue weighted by Gasteiger charge is -2.26. The Morgan fingerprint density at radius 3 is 2.72 bits per heavy atom. The third-order valence-corrected chi connectivity index (χ3v) is 7.20. The number of imidazole rings is 1. The van der Waals surface area contributed by atoms with Crippen molar-refractivity contribution in [2.24, 2.45) is 9.50 Å². The number of nitrogens with zero attached hydrogens (tertiary/aromatic N) is 4. The number of nitrogens with one attached hydrogen (secondary N) is 1. The number of benzene rings is 2. The predicted octanol–water partition coefficient (Wildman–Crippen LogP) is 0.149. The number of amidine groups is 1. The van der Waals surface area contributed by atoms with E-state index in [1.807, 2.05) is 18.2 Å². The molecule has 12 heteroatoms. The van der Waals surface area contributed by atoms with Crippen LogP contribution in [0.3, 0.4) is 0 Å². The largest absolute Gasteiger partial charge is 0.488 e. The van der Waals surface area contributed by atoms with E-state index in [1.54, 1.807) is 17.8 Å². The zero-order valence-corrected chi connectivity index (χ0v) is 18.0. The third-order valence-electron chi connectivity index (χ3n) is 5.90. The summed E-state index contributed by atoms with van der Waals surface area (Å²) >= 11 is 0. The number of aromatic nitrogens is 2. The summed E-state index contributed by atoms with van der Waals surface area (Å²) in [5.74, 6) is 0.129. The second-order valence-corrected chi connectivity index (χ2v) is 9.52. The number of rotatable bonds is 4. The maximum Gasteiger partial charge on any atom is 0.488 e. The van der Waals surface area contributed by atoms with Crippen LogP contribution in [0.2, 0.25) is 0 Å². The molecule has 2 aromatic carbocycles. The highest BCUT2D eigenvalue weighted by molar-refractivity contribution is 7.90. The Bertz CT molecular complexity index is 1450. The Labute approximate surface area is 183 Å². The fourth-order valence-corrected chi connectivity index (χ4v) is 5.24. The topological polar surface area (TPSA) is 140 Å². The summed E-state index contributed by atoms with van der Waals surface area (Å²) < 4.78 is 30.5. The maximum absolute atomic E-state index is 12.4. The van der Waals surface area contributed by atoms with Gasteiger partial charge in [0.15, 0.2) is 5.84 Å². The van der Waals surface area contributed by atoms with E-state index >= 15 is 0 Å². The van der Waals surface area contributed by atoms with E-state index in [4.69, 9.17) is 0 Å². The van der Waals surface area contributed by atoms with Crippen LogP contribution in [0.5, 0.6) is 0 Å². The molecular formula is C20H20BN5O5S. The SMILES string of the molecule is CN(/N=C/c1ccc2[nH]c(=O)n(C3CCC3)c2c1)C1=NS(=O)(=O)c2cc(B(O)O)ccc21. The van der Waals surface area contributed by atoms with Crippen LogP contribution in [-0.4, -0.2) is 59.2 Å². The predicted molar refractivity (Wildman–Crippen MR) is 121 cm³/mol. The number of H-pyrrole nitrogens is 1. The first-order chi connectivity index (χ1) is 15.2. The minimum atomic E-state index is -3.97. The molecule has 0 spiro atoms. The van der Waals surface area contributed by atoms with Gasteiger partial charge in [-0.25, -0.2) is 9.80 Å². The normalized spacial score (nSPS) is 17.4. The minimum Gasteiger partial charge on any atom is -0.423 e. The summed E-state index contributed by atoms with van der Waals surface area (Å²) in [6.45, 7) is 0. The van der Waals surface area contributed by atoms with Gasteiger partial charge in [-0.1, -0.05) is 18.2 Å². The van der Waals surface area contributed by atoms with E-state index in [0.717, 1.165) is 35.9 Å². The zero-order valence-electron chi connectivity index (χ0n) is 17.1. The lowest BCUT2D eigenvalue weighted by atomic mass is 9.80. The molecule has 0 bridgehead atoms. The smallest absolute Gasteiger partial charge is 0.423 e. The Kier molecular flexibility index (Phi) is 4.80. The van der Waals surface area contributed by atoms with Crippen LogP contribution in [0.25, 0.3) is 11.0 Å². The van der Waals surface area contributed by atoms with Gasteiger partial charge in [-0.05, 0) is 48.5 Å². The first kappa shape index (κ1) is 20.7. The van der Waals surface area contributed by atoms with Crippen molar-refractivity contribution in [3.05, 3.63) is 58.0 Å². The van der Waals surface area contributed by atoms with Gasteiger partial charge in [0.2, 0.25) is 0 Å². The second-order valence-electron chi connectivity index (χ2n) is 7.95. The third kappa shape index (κ3) is 3.36. The van der Waals surface area contributed by atoms with E-state index in [0.29, 0.717) is 5.56 Å². The maximum atomic E-state index is 12.4. The first-order valence-corrected chi connectivity index (χ1v) is 11.6. The summed E-state index contributed by atoms with van der Waals surface area (Å²) in [6.07, 6.45) is 4.65. The molecule has 1 fully saturated rings. The summed E-state index contributed by atoms with van der Waals surface area (Å²) in [5.41, 5.74) is 2.59. The van der Waals surface area contributed by atoms with Crippen LogP contribution in [0.4, 0.5) is 0 Å². The lowest BCUT2D eigenvalue weighted by molar-refractivity contribution is 0.314. The number of aromatic amines is 1. The summed E-state index contributed by atoms with van der Waals surface area (Å²) in [5, 5.41) is 24.3. The van der Waals surface area contributed by atoms with Crippen molar-refractivity contribution >= 4 is 45.7 Å². The van der Waals surface area contributed by atoms with E-state index < -0.39 is 17.1 Å². The zero-order chi connectivity index (χ0) is 22.6. The van der Waals surface area contributed by atoms with Gasteiger partial charge in [0.25, 0.3) is 10.0 Å². The molecule has 1 aliphatic carbocycles. The number of sulfonamides is 1. The molecule has 0 saturated heterocycles. The summed E-state index contributed by atoms with van der Waals surface area (Å²) in [4.78, 5) is 15.1. The quantitative estimate of drug-likeness (QED) is 0.292. The van der Waals surface area contributed by atoms with Crippen LogP contribution < -0.4 is 11.2 Å². The monoisotopic (exact) mass is 453 g/mol. The Hall–Kier alpha value is -3.22. The van der Waals surface area contributed by atoms with Crippen molar-refractivity contribution < 1.29 is 18.5 Å². The van der Waals surface area contributed by atoms with Gasteiger partial charge in [-0.2, -0.15) is 13.5 Å². The molecule has 1 saturated carbocycles. The Balaban J connectivity index is 1.46. The van der Waals surface area contributed by atoms with E-state index in [2.05, 4.69) is 14.5 Å². The average molecular weight is 453 g/mol. The molecule has 3 aromatic rings. The summed E-state index contributed by atoms with van der Waals surface area (Å²) in [6, 6.07) is 9.82. The average Bonchev–Trinajstić information content (AvgIpc) is 3.18. The molecule has 1 aromatic heterocycles. The van der Waals surface area contributed by atoms with Crippen molar-refractivity contribution in [3.63, 3.8) is 0 Å². The van der Waals surface area contributed by atoms with Crippen LogP contribution in [0.1, 0.15) is 36.4 Å². The first-order valence-electron chi connectivity index (χ1n) is 10.1. The molecule has 32 heavy (non-hydrogen) atoms. The number of hydrogen-bond acceptors (Lipinski definition) is 7. The Morgan fingerprint density at radius 1 is 1.25 bits per heavy atom. The highest BCUT2D eigenvalue weighted by atomic mass is 32.2. The molecule has 0 unspecified atom stereocenters. The highest BCUT2D eigenvalue weighted by Crippen LogP contribution is 2.32. The molecule has 0 radical (unpaired) electrons. The van der Waals surface area contributed by atoms with Crippen molar-refractivity contribution in [1.29, 1.82) is 0 Å². The van der Waals surface area contributed by atoms with Gasteiger partial charge in [-0.3, -0.25) is 4.57 Å². The number of fused-ring (bicyclic) bond motifs is 2. The molecule has 3 N–H and O–H groups in total. The van der Waals surface area contributed by atoms with Crippen LogP contribution in [-0.2, 0) is 10.0 Å². The minimum absolute atomic E-state index is 0.0623. The lowest BCUT2D eigenvalue weighted by Crippen LogP contribution is -2.30. The highest BCUT2D eigenvalue weighted by Gasteiger charge is 2.32. The van der Waals surface area contributed by atoms with Crippen molar-refractivity contribution in [2.75, 3.05) is 7.05 Å². The van der Waals surface area contributed by atoms with Crippen LogP contribution >= 0.6 is 0 Å². The molecule has 164 valence electrons. The van der Waals surface area contributed by atoms with E-state index in [1.165, 1.54) is 23.2 Å². The number of hydrogen-bond donors (Lipinski definition) is 3. The Morgan fingerprint density at radius 2 is 2.03 bits per heavy atom. The van der Waals surface area contributed by atoms with Gasteiger partial charge >= 0.3 is 12.8 Å². The van der Waals surface area contributed by atoms with E-state index in [-0.39, 0.29) is 27.9 Å². The molecule has 0 atom stereocenters. The summed E-state index contributed by atoms with van der Waals surface area (Å²) in [7, 11) is -4.17. The van der Waals surface area contributed by atoms with Crippen molar-refractivity contribution in [3.8, 4) is 0 Å². The standard InChI is InChI=1S/C20H20BN5O5S/c1-25(19-15-7-6-13(21(28)29)10-18(15)32(30,31)24-19)22-11-12-5-8-16-17(9-12)26(20(27)23-16)14-3-2-4-14/h5-11,14,28-29H,2-4H2,1H3,(H,23,27)/b22-11+. The van der Waals surface area contributed by atoms with Gasteiger partial charge in [0.05, 0.1) is 17.2 Å². The molecular weight excluding hydrogens is 433 g/mol. The second kappa shape index (κ2) is 7.43. The van der Waals surface area contributed by atoms with Gasteiger partial charge < -0.3 is 15.0 Å². The molecule has 1 aliphatic heterocycles. The van der Waals surface area contributed by atoms with Crippen molar-refractivity contribution in [2.45, 2.75) is 30.2 Å². The fraction of sp³-hybridized carbons (Fsp3) is 0.250. The van der Waals surface area contributed by atoms with Crippen molar-refractivity contribution in [1.82, 2.24) is 14.6 Å². The van der Waals surface area contributed by atoms with Gasteiger partial charge in [0, 0.05) is 18.7 Å². The fourth-order valence-electron chi connectivity index (χ4n) is 3.98.